The van der Waals surface area contributed by atoms with Gasteiger partial charge in [-0.05, 0) is 18.6 Å². The quantitative estimate of drug-likeness (QED) is 0.683. The first-order chi connectivity index (χ1) is 6.97. The lowest BCUT2D eigenvalue weighted by Gasteiger charge is -2.08. The van der Waals surface area contributed by atoms with Crippen molar-refractivity contribution in [1.82, 2.24) is 4.57 Å². The number of fused-ring (bicyclic) bond motifs is 1. The van der Waals surface area contributed by atoms with Crippen molar-refractivity contribution in [2.75, 3.05) is 0 Å². The van der Waals surface area contributed by atoms with Gasteiger partial charge in [0, 0.05) is 10.9 Å². The first-order valence-electron chi connectivity index (χ1n) is 4.51. The Bertz CT molecular complexity index is 482. The van der Waals surface area contributed by atoms with Crippen molar-refractivity contribution in [2.24, 2.45) is 0 Å². The Morgan fingerprint density at radius 2 is 1.93 bits per heavy atom. The van der Waals surface area contributed by atoms with Crippen LogP contribution in [0.5, 0.6) is 0 Å². The molecule has 0 unspecified atom stereocenters. The molecule has 0 N–H and O–H groups in total. The highest BCUT2D eigenvalue weighted by atomic mass is 19.4. The van der Waals surface area contributed by atoms with Crippen LogP contribution in [0.3, 0.4) is 0 Å². The zero-order valence-corrected chi connectivity index (χ0v) is 8.10. The molecule has 79 valence electrons. The number of aromatic nitrogens is 1. The van der Waals surface area contributed by atoms with Crippen molar-refractivity contribution < 1.29 is 13.2 Å². The van der Waals surface area contributed by atoms with E-state index in [1.807, 2.05) is 0 Å². The molecule has 1 aromatic carbocycles. The molecule has 0 aliphatic heterocycles. The average molecular weight is 212 g/mol. The highest BCUT2D eigenvalue weighted by molar-refractivity contribution is 5.83. The van der Waals surface area contributed by atoms with E-state index in [0.717, 1.165) is 15.5 Å². The molecule has 0 spiro atoms. The Labute approximate surface area is 85.1 Å². The smallest absolute Gasteiger partial charge is 0.330 e. The Hall–Kier alpha value is -1.45. The van der Waals surface area contributed by atoms with Gasteiger partial charge in [0.05, 0.1) is 6.20 Å². The number of hydrogen-bond donors (Lipinski definition) is 0. The van der Waals surface area contributed by atoms with E-state index in [9.17, 15) is 13.2 Å². The minimum atomic E-state index is -4.20. The molecule has 0 saturated carbocycles. The molecule has 2 rings (SSSR count). The van der Waals surface area contributed by atoms with Crippen LogP contribution >= 0.6 is 0 Å². The molecule has 1 aromatic heterocycles. The molecule has 0 aliphatic rings. The van der Waals surface area contributed by atoms with Crippen molar-refractivity contribution in [1.29, 1.82) is 0 Å². The van der Waals surface area contributed by atoms with Crippen molar-refractivity contribution in [3.8, 4) is 0 Å². The van der Waals surface area contributed by atoms with E-state index < -0.39 is 12.7 Å². The maximum absolute atomic E-state index is 12.2. The van der Waals surface area contributed by atoms with Crippen molar-refractivity contribution in [2.45, 2.75) is 19.6 Å². The second kappa shape index (κ2) is 3.29. The molecular formula is C11H9F3N. The van der Waals surface area contributed by atoms with Crippen LogP contribution in [-0.2, 0) is 6.54 Å². The van der Waals surface area contributed by atoms with Gasteiger partial charge in [0.15, 0.2) is 0 Å². The lowest BCUT2D eigenvalue weighted by Crippen LogP contribution is -2.16. The molecule has 0 fully saturated rings. The van der Waals surface area contributed by atoms with Crippen LogP contribution in [0.25, 0.3) is 10.9 Å². The van der Waals surface area contributed by atoms with E-state index in [0.29, 0.717) is 5.52 Å². The highest BCUT2D eigenvalue weighted by Crippen LogP contribution is 2.24. The number of alkyl halides is 3. The third-order valence-corrected chi connectivity index (χ3v) is 2.24. The third-order valence-electron chi connectivity index (χ3n) is 2.24. The minimum Gasteiger partial charge on any atom is -0.330 e. The summed E-state index contributed by atoms with van der Waals surface area (Å²) in [6.07, 6.45) is -1.50. The zero-order chi connectivity index (χ0) is 11.1. The van der Waals surface area contributed by atoms with Crippen molar-refractivity contribution >= 4 is 10.9 Å². The van der Waals surface area contributed by atoms with Crippen LogP contribution in [0, 0.1) is 13.1 Å². The molecule has 0 amide bonds. The summed E-state index contributed by atoms with van der Waals surface area (Å²) < 4.78 is 37.8. The van der Waals surface area contributed by atoms with Crippen LogP contribution < -0.4 is 0 Å². The number of nitrogens with zero attached hydrogens (tertiary/aromatic N) is 1. The monoisotopic (exact) mass is 212 g/mol. The lowest BCUT2D eigenvalue weighted by molar-refractivity contribution is -0.140. The van der Waals surface area contributed by atoms with E-state index in [2.05, 4.69) is 6.20 Å². The van der Waals surface area contributed by atoms with Crippen molar-refractivity contribution in [3.63, 3.8) is 0 Å². The predicted octanol–water partition coefficient (Wildman–Crippen LogP) is 3.31. The molecule has 0 aliphatic carbocycles. The SMILES string of the molecule is Cc1[c]n(CC(F)(F)F)c2ccccc12. The Balaban J connectivity index is 2.53. The first-order valence-corrected chi connectivity index (χ1v) is 4.51. The number of benzene rings is 1. The molecule has 4 heteroatoms. The molecular weight excluding hydrogens is 203 g/mol. The summed E-state index contributed by atoms with van der Waals surface area (Å²) in [6, 6.07) is 7.00. The molecule has 2 aromatic rings. The predicted molar refractivity (Wildman–Crippen MR) is 51.6 cm³/mol. The van der Waals surface area contributed by atoms with Gasteiger partial charge >= 0.3 is 6.18 Å². The van der Waals surface area contributed by atoms with Crippen LogP contribution in [0.1, 0.15) is 5.56 Å². The Morgan fingerprint density at radius 3 is 2.60 bits per heavy atom. The molecule has 1 radical (unpaired) electrons. The molecule has 1 heterocycles. The van der Waals surface area contributed by atoms with E-state index in [-0.39, 0.29) is 0 Å². The zero-order valence-electron chi connectivity index (χ0n) is 8.10. The fourth-order valence-electron chi connectivity index (χ4n) is 1.65. The lowest BCUT2D eigenvalue weighted by atomic mass is 10.2. The number of hydrogen-bond acceptors (Lipinski definition) is 0. The van der Waals surface area contributed by atoms with Crippen LogP contribution in [-0.4, -0.2) is 10.7 Å². The fourth-order valence-corrected chi connectivity index (χ4v) is 1.65. The summed E-state index contributed by atoms with van der Waals surface area (Å²) in [5, 5.41) is 0.821. The number of halogens is 3. The average Bonchev–Trinajstić information content (AvgIpc) is 2.42. The van der Waals surface area contributed by atoms with Crippen LogP contribution in [0.4, 0.5) is 13.2 Å². The van der Waals surface area contributed by atoms with E-state index in [1.165, 1.54) is 0 Å². The summed E-state index contributed by atoms with van der Waals surface area (Å²) in [5.74, 6) is 0. The summed E-state index contributed by atoms with van der Waals surface area (Å²) in [6.45, 7) is 0.774. The first kappa shape index (κ1) is 10.1. The summed E-state index contributed by atoms with van der Waals surface area (Å²) in [5.41, 5.74) is 1.32. The normalized spacial score (nSPS) is 12.3. The highest BCUT2D eigenvalue weighted by Gasteiger charge is 2.28. The van der Waals surface area contributed by atoms with Gasteiger partial charge in [-0.1, -0.05) is 18.2 Å². The van der Waals surface area contributed by atoms with Gasteiger partial charge in [-0.3, -0.25) is 0 Å². The number of para-hydroxylation sites is 1. The van der Waals surface area contributed by atoms with Gasteiger partial charge in [0.2, 0.25) is 0 Å². The van der Waals surface area contributed by atoms with Gasteiger partial charge in [0.25, 0.3) is 0 Å². The van der Waals surface area contributed by atoms with E-state index in [4.69, 9.17) is 0 Å². The van der Waals surface area contributed by atoms with Crippen molar-refractivity contribution in [3.05, 3.63) is 36.0 Å². The Morgan fingerprint density at radius 1 is 1.27 bits per heavy atom. The van der Waals surface area contributed by atoms with Crippen LogP contribution in [0.2, 0.25) is 0 Å². The summed E-state index contributed by atoms with van der Waals surface area (Å²) in [7, 11) is 0. The standard InChI is InChI=1S/C11H9F3N/c1-8-6-15(7-11(12,13)14)10-5-3-2-4-9(8)10/h2-5H,7H2,1H3. The second-order valence-electron chi connectivity index (χ2n) is 3.46. The van der Waals surface area contributed by atoms with Gasteiger partial charge < -0.3 is 4.57 Å². The topological polar surface area (TPSA) is 4.93 Å². The maximum Gasteiger partial charge on any atom is 0.406 e. The summed E-state index contributed by atoms with van der Waals surface area (Å²) >= 11 is 0. The largest absolute Gasteiger partial charge is 0.406 e. The van der Waals surface area contributed by atoms with Gasteiger partial charge in [-0.25, -0.2) is 0 Å². The molecule has 0 saturated heterocycles. The van der Waals surface area contributed by atoms with Crippen LogP contribution in [0.15, 0.2) is 24.3 Å². The van der Waals surface area contributed by atoms with Gasteiger partial charge in [-0.15, -0.1) is 0 Å². The maximum atomic E-state index is 12.2. The van der Waals surface area contributed by atoms with Gasteiger partial charge in [0.1, 0.15) is 6.54 Å². The molecule has 15 heavy (non-hydrogen) atoms. The number of rotatable bonds is 1. The fraction of sp³-hybridized carbons (Fsp3) is 0.273. The van der Waals surface area contributed by atoms with E-state index >= 15 is 0 Å². The molecule has 1 nitrogen and oxygen atoms in total. The minimum absolute atomic E-state index is 0.576. The van der Waals surface area contributed by atoms with E-state index in [1.54, 1.807) is 31.2 Å². The number of aryl methyl sites for hydroxylation is 1. The third kappa shape index (κ3) is 1.98. The molecule has 0 atom stereocenters. The van der Waals surface area contributed by atoms with Gasteiger partial charge in [-0.2, -0.15) is 13.2 Å². The summed E-state index contributed by atoms with van der Waals surface area (Å²) in [4.78, 5) is 0. The Kier molecular flexibility index (Phi) is 2.21. The molecule has 0 bridgehead atoms. The second-order valence-corrected chi connectivity index (χ2v) is 3.46.